The average Bonchev–Trinajstić information content (AvgIpc) is 2.46. The second-order valence-corrected chi connectivity index (χ2v) is 5.64. The van der Waals surface area contributed by atoms with Crippen molar-refractivity contribution in [1.82, 2.24) is 0 Å². The molecule has 1 aliphatic carbocycles. The lowest BCUT2D eigenvalue weighted by Crippen LogP contribution is -2.04. The lowest BCUT2D eigenvalue weighted by molar-refractivity contribution is 0.177. The van der Waals surface area contributed by atoms with Gasteiger partial charge in [0.15, 0.2) is 9.84 Å². The number of hydrogen-bond donors (Lipinski definition) is 1. The van der Waals surface area contributed by atoms with Crippen LogP contribution < -0.4 is 0 Å². The summed E-state index contributed by atoms with van der Waals surface area (Å²) in [5, 5.41) is 9.66. The van der Waals surface area contributed by atoms with E-state index >= 15 is 0 Å². The van der Waals surface area contributed by atoms with Gasteiger partial charge in [0.05, 0.1) is 11.0 Å². The summed E-state index contributed by atoms with van der Waals surface area (Å²) >= 11 is 0. The van der Waals surface area contributed by atoms with Crippen molar-refractivity contribution in [2.45, 2.75) is 23.8 Å². The molecule has 0 radical (unpaired) electrons. The number of sulfone groups is 1. The van der Waals surface area contributed by atoms with Gasteiger partial charge in [0.25, 0.3) is 0 Å². The number of aliphatic hydroxyl groups excluding tert-OH is 1. The van der Waals surface area contributed by atoms with Crippen LogP contribution in [-0.2, 0) is 16.3 Å². The first-order chi connectivity index (χ1) is 6.50. The van der Waals surface area contributed by atoms with Gasteiger partial charge in [-0.2, -0.15) is 0 Å². The molecule has 0 aromatic heterocycles. The molecule has 3 nitrogen and oxygen atoms in total. The molecular formula is C10H12O3S. The Morgan fingerprint density at radius 3 is 2.79 bits per heavy atom. The van der Waals surface area contributed by atoms with Gasteiger partial charge in [0, 0.05) is 11.8 Å². The Morgan fingerprint density at radius 1 is 1.43 bits per heavy atom. The molecule has 14 heavy (non-hydrogen) atoms. The molecule has 76 valence electrons. The predicted octanol–water partition coefficient (Wildman–Crippen LogP) is 1.07. The van der Waals surface area contributed by atoms with Gasteiger partial charge in [-0.15, -0.1) is 0 Å². The van der Waals surface area contributed by atoms with Crippen LogP contribution in [0.25, 0.3) is 0 Å². The summed E-state index contributed by atoms with van der Waals surface area (Å²) in [5.41, 5.74) is 1.57. The Balaban J connectivity index is 2.70. The van der Waals surface area contributed by atoms with Gasteiger partial charge in [-0.25, -0.2) is 8.42 Å². The van der Waals surface area contributed by atoms with Crippen LogP contribution in [0.3, 0.4) is 0 Å². The number of aryl methyl sites for hydroxylation is 1. The molecule has 1 N–H and O–H groups in total. The molecule has 1 aromatic rings. The van der Waals surface area contributed by atoms with Gasteiger partial charge in [0.2, 0.25) is 0 Å². The van der Waals surface area contributed by atoms with Crippen LogP contribution >= 0.6 is 0 Å². The van der Waals surface area contributed by atoms with Gasteiger partial charge >= 0.3 is 0 Å². The van der Waals surface area contributed by atoms with E-state index in [1.165, 1.54) is 6.26 Å². The summed E-state index contributed by atoms with van der Waals surface area (Å²) < 4.78 is 22.9. The molecule has 0 bridgehead atoms. The van der Waals surface area contributed by atoms with E-state index in [-0.39, 0.29) is 4.90 Å². The lowest BCUT2D eigenvalue weighted by Gasteiger charge is -2.09. The summed E-state index contributed by atoms with van der Waals surface area (Å²) in [7, 11) is -3.22. The van der Waals surface area contributed by atoms with Crippen molar-refractivity contribution >= 4 is 9.84 Å². The Labute approximate surface area is 83.3 Å². The second kappa shape index (κ2) is 3.07. The third kappa shape index (κ3) is 1.44. The zero-order chi connectivity index (χ0) is 10.3. The van der Waals surface area contributed by atoms with Crippen molar-refractivity contribution < 1.29 is 13.5 Å². The molecule has 2 rings (SSSR count). The largest absolute Gasteiger partial charge is 0.388 e. The minimum atomic E-state index is -3.22. The molecule has 0 amide bonds. The molecule has 0 saturated heterocycles. The van der Waals surface area contributed by atoms with E-state index in [2.05, 4.69) is 0 Å². The molecule has 0 fully saturated rings. The SMILES string of the molecule is CS(=O)(=O)c1cccc2c1C(O)CC2. The Kier molecular flexibility index (Phi) is 2.12. The van der Waals surface area contributed by atoms with Crippen molar-refractivity contribution in [1.29, 1.82) is 0 Å². The number of hydrogen-bond acceptors (Lipinski definition) is 3. The summed E-state index contributed by atoms with van der Waals surface area (Å²) in [6, 6.07) is 5.16. The van der Waals surface area contributed by atoms with Gasteiger partial charge in [-0.05, 0) is 24.5 Å². The van der Waals surface area contributed by atoms with E-state index in [0.29, 0.717) is 12.0 Å². The maximum absolute atomic E-state index is 11.4. The Morgan fingerprint density at radius 2 is 2.14 bits per heavy atom. The highest BCUT2D eigenvalue weighted by Gasteiger charge is 2.26. The molecule has 0 aliphatic heterocycles. The van der Waals surface area contributed by atoms with E-state index in [1.54, 1.807) is 12.1 Å². The van der Waals surface area contributed by atoms with Crippen LogP contribution in [0.5, 0.6) is 0 Å². The van der Waals surface area contributed by atoms with Gasteiger partial charge in [0.1, 0.15) is 0 Å². The smallest absolute Gasteiger partial charge is 0.175 e. The maximum atomic E-state index is 11.4. The van der Waals surface area contributed by atoms with E-state index in [1.807, 2.05) is 6.07 Å². The van der Waals surface area contributed by atoms with Crippen molar-refractivity contribution in [2.24, 2.45) is 0 Å². The molecule has 0 saturated carbocycles. The first-order valence-corrected chi connectivity index (χ1v) is 6.39. The molecular weight excluding hydrogens is 200 g/mol. The third-order valence-electron chi connectivity index (χ3n) is 2.58. The highest BCUT2D eigenvalue weighted by Crippen LogP contribution is 2.35. The number of rotatable bonds is 1. The van der Waals surface area contributed by atoms with Crippen LogP contribution in [0.1, 0.15) is 23.7 Å². The second-order valence-electron chi connectivity index (χ2n) is 3.66. The van der Waals surface area contributed by atoms with Crippen molar-refractivity contribution in [3.05, 3.63) is 29.3 Å². The topological polar surface area (TPSA) is 54.4 Å². The van der Waals surface area contributed by atoms with Crippen molar-refractivity contribution in [2.75, 3.05) is 6.26 Å². The Hall–Kier alpha value is -0.870. The number of fused-ring (bicyclic) bond motifs is 1. The molecule has 1 atom stereocenters. The third-order valence-corrected chi connectivity index (χ3v) is 3.73. The van der Waals surface area contributed by atoms with Crippen molar-refractivity contribution in [3.8, 4) is 0 Å². The first-order valence-electron chi connectivity index (χ1n) is 4.50. The highest BCUT2D eigenvalue weighted by molar-refractivity contribution is 7.90. The Bertz CT molecular complexity index is 462. The maximum Gasteiger partial charge on any atom is 0.175 e. The van der Waals surface area contributed by atoms with E-state index < -0.39 is 15.9 Å². The fraction of sp³-hybridized carbons (Fsp3) is 0.400. The van der Waals surface area contributed by atoms with E-state index in [9.17, 15) is 13.5 Å². The normalized spacial score (nSPS) is 20.9. The molecule has 1 aliphatic rings. The van der Waals surface area contributed by atoms with Crippen LogP contribution in [0.2, 0.25) is 0 Å². The summed E-state index contributed by atoms with van der Waals surface area (Å²) in [6.07, 6.45) is 1.95. The fourth-order valence-corrected chi connectivity index (χ4v) is 2.94. The quantitative estimate of drug-likeness (QED) is 0.757. The average molecular weight is 212 g/mol. The van der Waals surface area contributed by atoms with E-state index in [0.717, 1.165) is 12.0 Å². The molecule has 0 spiro atoms. The van der Waals surface area contributed by atoms with Gasteiger partial charge in [-0.3, -0.25) is 0 Å². The number of benzene rings is 1. The minimum absolute atomic E-state index is 0.278. The van der Waals surface area contributed by atoms with Crippen LogP contribution in [-0.4, -0.2) is 19.8 Å². The zero-order valence-electron chi connectivity index (χ0n) is 7.90. The monoisotopic (exact) mass is 212 g/mol. The van der Waals surface area contributed by atoms with Crippen LogP contribution in [0.4, 0.5) is 0 Å². The van der Waals surface area contributed by atoms with Crippen LogP contribution in [0.15, 0.2) is 23.1 Å². The molecule has 1 aromatic carbocycles. The molecule has 4 heteroatoms. The molecule has 0 heterocycles. The standard InChI is InChI=1S/C10H12O3S/c1-14(12,13)9-4-2-3-7-5-6-8(11)10(7)9/h2-4,8,11H,5-6H2,1H3. The summed E-state index contributed by atoms with van der Waals surface area (Å²) in [4.78, 5) is 0.278. The molecule has 1 unspecified atom stereocenters. The van der Waals surface area contributed by atoms with Crippen LogP contribution in [0, 0.1) is 0 Å². The summed E-state index contributed by atoms with van der Waals surface area (Å²) in [5.74, 6) is 0. The summed E-state index contributed by atoms with van der Waals surface area (Å²) in [6.45, 7) is 0. The van der Waals surface area contributed by atoms with Gasteiger partial charge < -0.3 is 5.11 Å². The lowest BCUT2D eigenvalue weighted by atomic mass is 10.1. The predicted molar refractivity (Wildman–Crippen MR) is 52.8 cm³/mol. The first kappa shape index (κ1) is 9.68. The van der Waals surface area contributed by atoms with Gasteiger partial charge in [-0.1, -0.05) is 12.1 Å². The van der Waals surface area contributed by atoms with E-state index in [4.69, 9.17) is 0 Å². The number of aliphatic hydroxyl groups is 1. The zero-order valence-corrected chi connectivity index (χ0v) is 8.71. The van der Waals surface area contributed by atoms with Crippen molar-refractivity contribution in [3.63, 3.8) is 0 Å². The fourth-order valence-electron chi connectivity index (χ4n) is 1.95. The highest BCUT2D eigenvalue weighted by atomic mass is 32.2. The minimum Gasteiger partial charge on any atom is -0.388 e.